The number of nitrogens with zero attached hydrogens (tertiary/aromatic N) is 2. The first-order valence-corrected chi connectivity index (χ1v) is 17.0. The van der Waals surface area contributed by atoms with Gasteiger partial charge in [-0.15, -0.1) is 0 Å². The molecule has 0 fully saturated rings. The lowest BCUT2D eigenvalue weighted by molar-refractivity contribution is -0.140. The van der Waals surface area contributed by atoms with Crippen molar-refractivity contribution < 1.29 is 22.7 Å². The molecular formula is C34H35Cl2N3O5S. The Kier molecular flexibility index (Phi) is 11.9. The molecule has 0 radical (unpaired) electrons. The largest absolute Gasteiger partial charge is 0.457 e. The van der Waals surface area contributed by atoms with Gasteiger partial charge in [0.1, 0.15) is 24.1 Å². The van der Waals surface area contributed by atoms with Crippen LogP contribution in [0.25, 0.3) is 0 Å². The molecule has 4 aromatic rings. The number of para-hydroxylation sites is 1. The lowest BCUT2D eigenvalue weighted by Gasteiger charge is -2.33. The molecule has 0 aliphatic carbocycles. The van der Waals surface area contributed by atoms with Crippen molar-refractivity contribution in [2.75, 3.05) is 23.7 Å². The van der Waals surface area contributed by atoms with Gasteiger partial charge in [0.15, 0.2) is 0 Å². The maximum absolute atomic E-state index is 14.2. The molecule has 4 aromatic carbocycles. The van der Waals surface area contributed by atoms with E-state index < -0.39 is 28.5 Å². The van der Waals surface area contributed by atoms with Gasteiger partial charge in [-0.25, -0.2) is 8.42 Å². The van der Waals surface area contributed by atoms with Crippen LogP contribution in [-0.4, -0.2) is 50.5 Å². The number of anilines is 1. The van der Waals surface area contributed by atoms with E-state index in [9.17, 15) is 18.0 Å². The summed E-state index contributed by atoms with van der Waals surface area (Å²) in [5.41, 5.74) is 1.75. The molecule has 1 N–H and O–H groups in total. The van der Waals surface area contributed by atoms with Crippen LogP contribution in [0.15, 0.2) is 103 Å². The minimum absolute atomic E-state index is 0.00573. The summed E-state index contributed by atoms with van der Waals surface area (Å²) >= 11 is 12.4. The first kappa shape index (κ1) is 33.8. The average molecular weight is 669 g/mol. The Morgan fingerprint density at radius 1 is 0.822 bits per heavy atom. The number of amides is 2. The summed E-state index contributed by atoms with van der Waals surface area (Å²) in [5.74, 6) is 0.219. The smallest absolute Gasteiger partial charge is 0.244 e. The van der Waals surface area contributed by atoms with E-state index in [1.807, 2.05) is 55.5 Å². The highest BCUT2D eigenvalue weighted by Crippen LogP contribution is 2.27. The lowest BCUT2D eigenvalue weighted by atomic mass is 10.0. The van der Waals surface area contributed by atoms with Crippen LogP contribution < -0.4 is 14.4 Å². The molecular weight excluding hydrogens is 633 g/mol. The number of carbonyl (C=O) groups is 2. The topological polar surface area (TPSA) is 96.0 Å². The summed E-state index contributed by atoms with van der Waals surface area (Å²) in [6.45, 7) is 1.82. The second-order valence-electron chi connectivity index (χ2n) is 10.4. The standard InChI is InChI=1S/C34H35Cl2N3O5S/c1-3-20-37-34(41)32(22-25-10-6-4-7-11-25)38(23-26-14-19-30(35)31(36)21-26)33(40)24-39(45(2,42)43)27-15-17-29(18-16-27)44-28-12-8-5-9-13-28/h4-19,21,32H,3,20,22-24H2,1-2H3,(H,37,41)/t32-/m1/s1. The molecule has 8 nitrogen and oxygen atoms in total. The quantitative estimate of drug-likeness (QED) is 0.161. The number of nitrogens with one attached hydrogen (secondary N) is 1. The van der Waals surface area contributed by atoms with Crippen molar-refractivity contribution in [3.8, 4) is 11.5 Å². The zero-order valence-corrected chi connectivity index (χ0v) is 27.4. The number of hydrogen-bond acceptors (Lipinski definition) is 5. The molecule has 0 spiro atoms. The van der Waals surface area contributed by atoms with Crippen LogP contribution >= 0.6 is 23.2 Å². The van der Waals surface area contributed by atoms with Gasteiger partial charge < -0.3 is 15.0 Å². The molecule has 0 saturated heterocycles. The zero-order valence-electron chi connectivity index (χ0n) is 25.0. The Bertz CT molecular complexity index is 1690. The van der Waals surface area contributed by atoms with Crippen LogP contribution in [0.1, 0.15) is 24.5 Å². The van der Waals surface area contributed by atoms with Crippen LogP contribution in [-0.2, 0) is 32.6 Å². The number of sulfonamides is 1. The summed E-state index contributed by atoms with van der Waals surface area (Å²) in [7, 11) is -3.92. The van der Waals surface area contributed by atoms with E-state index in [4.69, 9.17) is 27.9 Å². The molecule has 236 valence electrons. The van der Waals surface area contributed by atoms with Gasteiger partial charge in [-0.3, -0.25) is 13.9 Å². The lowest BCUT2D eigenvalue weighted by Crippen LogP contribution is -2.53. The molecule has 4 rings (SSSR count). The fourth-order valence-corrected chi connectivity index (χ4v) is 5.84. The second-order valence-corrected chi connectivity index (χ2v) is 13.2. The summed E-state index contributed by atoms with van der Waals surface area (Å²) < 4.78 is 33.0. The van der Waals surface area contributed by atoms with Gasteiger partial charge in [0.25, 0.3) is 0 Å². The number of rotatable bonds is 14. The van der Waals surface area contributed by atoms with Crippen molar-refractivity contribution in [3.05, 3.63) is 124 Å². The van der Waals surface area contributed by atoms with E-state index in [1.54, 1.807) is 54.6 Å². The minimum atomic E-state index is -3.92. The highest BCUT2D eigenvalue weighted by Gasteiger charge is 2.33. The van der Waals surface area contributed by atoms with E-state index in [1.165, 1.54) is 4.90 Å². The van der Waals surface area contributed by atoms with E-state index in [-0.39, 0.29) is 24.6 Å². The van der Waals surface area contributed by atoms with Crippen LogP contribution in [0.3, 0.4) is 0 Å². The van der Waals surface area contributed by atoms with Crippen molar-refractivity contribution in [1.29, 1.82) is 0 Å². The summed E-state index contributed by atoms with van der Waals surface area (Å²) in [6, 6.07) is 29.0. The van der Waals surface area contributed by atoms with Gasteiger partial charge in [-0.2, -0.15) is 0 Å². The van der Waals surface area contributed by atoms with Gasteiger partial charge >= 0.3 is 0 Å². The predicted molar refractivity (Wildman–Crippen MR) is 179 cm³/mol. The van der Waals surface area contributed by atoms with E-state index in [0.717, 1.165) is 16.1 Å². The summed E-state index contributed by atoms with van der Waals surface area (Å²) in [6.07, 6.45) is 1.96. The van der Waals surface area contributed by atoms with Crippen LogP contribution in [0.4, 0.5) is 5.69 Å². The van der Waals surface area contributed by atoms with Crippen molar-refractivity contribution in [3.63, 3.8) is 0 Å². The van der Waals surface area contributed by atoms with E-state index >= 15 is 0 Å². The maximum atomic E-state index is 14.2. The Morgan fingerprint density at radius 2 is 1.44 bits per heavy atom. The Labute approximate surface area is 274 Å². The SMILES string of the molecule is CCCNC(=O)[C@@H](Cc1ccccc1)N(Cc1ccc(Cl)c(Cl)c1)C(=O)CN(c1ccc(Oc2ccccc2)cc1)S(C)(=O)=O. The average Bonchev–Trinajstić information content (AvgIpc) is 3.03. The van der Waals surface area contributed by atoms with E-state index in [2.05, 4.69) is 5.32 Å². The first-order chi connectivity index (χ1) is 21.5. The molecule has 0 saturated carbocycles. The molecule has 11 heteroatoms. The Balaban J connectivity index is 1.68. The Hall–Kier alpha value is -4.05. The fourth-order valence-electron chi connectivity index (χ4n) is 4.67. The zero-order chi connectivity index (χ0) is 32.4. The maximum Gasteiger partial charge on any atom is 0.244 e. The third-order valence-corrected chi connectivity index (χ3v) is 8.82. The van der Waals surface area contributed by atoms with E-state index in [0.29, 0.717) is 40.1 Å². The van der Waals surface area contributed by atoms with Crippen LogP contribution in [0, 0.1) is 0 Å². The number of carbonyl (C=O) groups excluding carboxylic acids is 2. The number of benzene rings is 4. The number of ether oxygens (including phenoxy) is 1. The van der Waals surface area contributed by atoms with Gasteiger partial charge in [-0.1, -0.05) is 84.7 Å². The number of halogens is 2. The van der Waals surface area contributed by atoms with Gasteiger partial charge in [0.2, 0.25) is 21.8 Å². The molecule has 45 heavy (non-hydrogen) atoms. The van der Waals surface area contributed by atoms with Crippen molar-refractivity contribution >= 4 is 50.7 Å². The summed E-state index contributed by atoms with van der Waals surface area (Å²) in [4.78, 5) is 29.2. The molecule has 1 atom stereocenters. The second kappa shape index (κ2) is 15.8. The van der Waals surface area contributed by atoms with Gasteiger partial charge in [0, 0.05) is 19.5 Å². The molecule has 0 heterocycles. The molecule has 0 aliphatic heterocycles. The number of hydrogen-bond donors (Lipinski definition) is 1. The molecule has 2 amide bonds. The van der Waals surface area contributed by atoms with Crippen LogP contribution in [0.5, 0.6) is 11.5 Å². The van der Waals surface area contributed by atoms with Crippen molar-refractivity contribution in [1.82, 2.24) is 10.2 Å². The van der Waals surface area contributed by atoms with Crippen molar-refractivity contribution in [2.24, 2.45) is 0 Å². The molecule has 0 bridgehead atoms. The highest BCUT2D eigenvalue weighted by atomic mass is 35.5. The minimum Gasteiger partial charge on any atom is -0.457 e. The predicted octanol–water partition coefficient (Wildman–Crippen LogP) is 6.72. The van der Waals surface area contributed by atoms with Crippen LogP contribution in [0.2, 0.25) is 10.0 Å². The summed E-state index contributed by atoms with van der Waals surface area (Å²) in [5, 5.41) is 3.56. The molecule has 0 unspecified atom stereocenters. The third-order valence-electron chi connectivity index (χ3n) is 6.94. The third kappa shape index (κ3) is 9.72. The Morgan fingerprint density at radius 3 is 2.04 bits per heavy atom. The van der Waals surface area contributed by atoms with Crippen molar-refractivity contribution in [2.45, 2.75) is 32.4 Å². The highest BCUT2D eigenvalue weighted by molar-refractivity contribution is 7.92. The molecule has 0 aliphatic rings. The van der Waals surface area contributed by atoms with Gasteiger partial charge in [-0.05, 0) is 66.1 Å². The molecule has 0 aromatic heterocycles. The van der Waals surface area contributed by atoms with Gasteiger partial charge in [0.05, 0.1) is 22.0 Å². The monoisotopic (exact) mass is 667 g/mol. The normalized spacial score (nSPS) is 11.8. The first-order valence-electron chi connectivity index (χ1n) is 14.4. The fraction of sp³-hybridized carbons (Fsp3) is 0.235.